The molecule has 11 heteroatoms. The fourth-order valence-corrected chi connectivity index (χ4v) is 4.95. The number of nitrogens with zero attached hydrogens (tertiary/aromatic N) is 3. The van der Waals surface area contributed by atoms with Crippen LogP contribution in [0.3, 0.4) is 0 Å². The highest BCUT2D eigenvalue weighted by Gasteiger charge is 2.37. The monoisotopic (exact) mass is 541 g/mol. The van der Waals surface area contributed by atoms with Crippen LogP contribution in [-0.2, 0) is 11.0 Å². The van der Waals surface area contributed by atoms with Gasteiger partial charge in [0.25, 0.3) is 0 Å². The molecule has 39 heavy (non-hydrogen) atoms. The van der Waals surface area contributed by atoms with Gasteiger partial charge >= 0.3 is 6.18 Å². The Hall–Kier alpha value is -3.83. The van der Waals surface area contributed by atoms with Gasteiger partial charge in [-0.3, -0.25) is 24.4 Å². The Balaban J connectivity index is 1.48. The van der Waals surface area contributed by atoms with Gasteiger partial charge in [0.2, 0.25) is 11.8 Å². The summed E-state index contributed by atoms with van der Waals surface area (Å²) in [4.78, 5) is 33.8. The molecule has 0 radical (unpaired) electrons. The highest BCUT2D eigenvalue weighted by molar-refractivity contribution is 6.07. The molecule has 3 N–H and O–H groups in total. The molecule has 1 aliphatic carbocycles. The Morgan fingerprint density at radius 1 is 1.00 bits per heavy atom. The number of aromatic nitrogens is 1. The van der Waals surface area contributed by atoms with Crippen LogP contribution in [0.4, 0.5) is 23.2 Å². The van der Waals surface area contributed by atoms with Gasteiger partial charge in [0.15, 0.2) is 0 Å². The Morgan fingerprint density at radius 3 is 2.31 bits per heavy atom. The standard InChI is InChI=1S/C28H27F4N5O2/c29-22-4-2-1-3-19(22)23-10-5-17(15-34-23)25-20(27(33)39)8-9-21(28(30,31)32)26(25)35-24(38)16-36-11-13-37(14-12-36)18-6-7-18/h1-5,8-10,15,18H,6-7,11-14,16H2,(H2,33,39)(H,35,38). The lowest BCUT2D eigenvalue weighted by Gasteiger charge is -2.34. The van der Waals surface area contributed by atoms with Crippen molar-refractivity contribution in [1.82, 2.24) is 14.8 Å². The van der Waals surface area contributed by atoms with E-state index < -0.39 is 35.1 Å². The molecule has 2 heterocycles. The van der Waals surface area contributed by atoms with Gasteiger partial charge in [0.1, 0.15) is 5.82 Å². The summed E-state index contributed by atoms with van der Waals surface area (Å²) in [6.45, 7) is 2.76. The predicted octanol–water partition coefficient (Wildman–Crippen LogP) is 4.39. The fraction of sp³-hybridized carbons (Fsp3) is 0.321. The van der Waals surface area contributed by atoms with Crippen molar-refractivity contribution in [3.05, 3.63) is 71.7 Å². The minimum atomic E-state index is -4.83. The van der Waals surface area contributed by atoms with Crippen molar-refractivity contribution in [3.8, 4) is 22.4 Å². The van der Waals surface area contributed by atoms with Crippen LogP contribution in [0.5, 0.6) is 0 Å². The van der Waals surface area contributed by atoms with Gasteiger partial charge in [0.05, 0.1) is 23.5 Å². The second-order valence-electron chi connectivity index (χ2n) is 9.78. The smallest absolute Gasteiger partial charge is 0.366 e. The highest BCUT2D eigenvalue weighted by Crippen LogP contribution is 2.42. The average Bonchev–Trinajstić information content (AvgIpc) is 3.74. The number of alkyl halides is 3. The molecule has 2 aliphatic rings. The second-order valence-corrected chi connectivity index (χ2v) is 9.78. The third-order valence-corrected chi connectivity index (χ3v) is 7.08. The SMILES string of the molecule is NC(=O)c1ccc(C(F)(F)F)c(NC(=O)CN2CCN(C3CC3)CC2)c1-c1ccc(-c2ccccc2F)nc1. The number of nitrogens with one attached hydrogen (secondary N) is 1. The Morgan fingerprint density at radius 2 is 1.72 bits per heavy atom. The molecule has 0 spiro atoms. The molecule has 2 fully saturated rings. The molecule has 204 valence electrons. The Bertz CT molecular complexity index is 1380. The van der Waals surface area contributed by atoms with Crippen LogP contribution < -0.4 is 11.1 Å². The van der Waals surface area contributed by atoms with Crippen LogP contribution >= 0.6 is 0 Å². The van der Waals surface area contributed by atoms with Gasteiger partial charge in [-0.25, -0.2) is 4.39 Å². The first-order valence-corrected chi connectivity index (χ1v) is 12.6. The average molecular weight is 542 g/mol. The third-order valence-electron chi connectivity index (χ3n) is 7.08. The molecular formula is C28H27F4N5O2. The van der Waals surface area contributed by atoms with E-state index in [4.69, 9.17) is 5.73 Å². The van der Waals surface area contributed by atoms with Crippen LogP contribution in [0.25, 0.3) is 22.4 Å². The number of hydrogen-bond acceptors (Lipinski definition) is 5. The summed E-state index contributed by atoms with van der Waals surface area (Å²) in [5.41, 5.74) is 4.00. The van der Waals surface area contributed by atoms with Crippen molar-refractivity contribution in [1.29, 1.82) is 0 Å². The van der Waals surface area contributed by atoms with Gasteiger partial charge in [-0.1, -0.05) is 18.2 Å². The first-order chi connectivity index (χ1) is 18.6. The van der Waals surface area contributed by atoms with Gasteiger partial charge in [-0.05, 0) is 43.2 Å². The lowest BCUT2D eigenvalue weighted by molar-refractivity contribution is -0.137. The minimum Gasteiger partial charge on any atom is -0.366 e. The summed E-state index contributed by atoms with van der Waals surface area (Å²) in [6, 6.07) is 11.1. The van der Waals surface area contributed by atoms with Crippen molar-refractivity contribution in [2.75, 3.05) is 38.0 Å². The molecule has 7 nitrogen and oxygen atoms in total. The zero-order chi connectivity index (χ0) is 27.7. The molecule has 1 aromatic heterocycles. The third kappa shape index (κ3) is 5.94. The van der Waals surface area contributed by atoms with E-state index >= 15 is 0 Å². The van der Waals surface area contributed by atoms with E-state index in [2.05, 4.69) is 15.2 Å². The van der Waals surface area contributed by atoms with Gasteiger partial charge in [-0.2, -0.15) is 13.2 Å². The number of rotatable bonds is 7. The first kappa shape index (κ1) is 26.8. The molecule has 0 unspecified atom stereocenters. The van der Waals surface area contributed by atoms with Crippen molar-refractivity contribution in [2.45, 2.75) is 25.1 Å². The topological polar surface area (TPSA) is 91.6 Å². The van der Waals surface area contributed by atoms with Gasteiger partial charge in [-0.15, -0.1) is 0 Å². The maximum Gasteiger partial charge on any atom is 0.418 e. The van der Waals surface area contributed by atoms with Crippen LogP contribution in [0.15, 0.2) is 54.7 Å². The molecular weight excluding hydrogens is 514 g/mol. The van der Waals surface area contributed by atoms with E-state index in [0.29, 0.717) is 19.1 Å². The normalized spacial score (nSPS) is 16.7. The summed E-state index contributed by atoms with van der Waals surface area (Å²) in [7, 11) is 0. The van der Waals surface area contributed by atoms with Gasteiger partial charge < -0.3 is 11.1 Å². The lowest BCUT2D eigenvalue weighted by atomic mass is 9.94. The van der Waals surface area contributed by atoms with Crippen molar-refractivity contribution < 1.29 is 27.2 Å². The van der Waals surface area contributed by atoms with Crippen LogP contribution in [0.2, 0.25) is 0 Å². The highest BCUT2D eigenvalue weighted by atomic mass is 19.4. The molecule has 0 atom stereocenters. The molecule has 5 rings (SSSR count). The van der Waals surface area contributed by atoms with E-state index in [1.165, 1.54) is 49.4 Å². The molecule has 2 amide bonds. The number of benzene rings is 2. The summed E-state index contributed by atoms with van der Waals surface area (Å²) in [6.07, 6.45) is -1.24. The number of hydrogen-bond donors (Lipinski definition) is 2. The second kappa shape index (κ2) is 10.7. The molecule has 1 saturated carbocycles. The number of carbonyl (C=O) groups is 2. The fourth-order valence-electron chi connectivity index (χ4n) is 4.95. The summed E-state index contributed by atoms with van der Waals surface area (Å²) < 4.78 is 56.5. The van der Waals surface area contributed by atoms with Crippen molar-refractivity contribution in [2.24, 2.45) is 5.73 Å². The number of piperazine rings is 1. The van der Waals surface area contributed by atoms with E-state index in [-0.39, 0.29) is 34.5 Å². The van der Waals surface area contributed by atoms with E-state index in [1.807, 2.05) is 4.90 Å². The number of amides is 2. The Kier molecular flexibility index (Phi) is 7.37. The predicted molar refractivity (Wildman–Crippen MR) is 138 cm³/mol. The number of primary amides is 1. The first-order valence-electron chi connectivity index (χ1n) is 12.6. The van der Waals surface area contributed by atoms with Crippen LogP contribution in [0.1, 0.15) is 28.8 Å². The quantitative estimate of drug-likeness (QED) is 0.433. The molecule has 2 aromatic carbocycles. The van der Waals surface area contributed by atoms with E-state index in [0.717, 1.165) is 25.2 Å². The number of carbonyl (C=O) groups excluding carboxylic acids is 2. The summed E-state index contributed by atoms with van der Waals surface area (Å²) >= 11 is 0. The van der Waals surface area contributed by atoms with Crippen LogP contribution in [-0.4, -0.2) is 65.4 Å². The van der Waals surface area contributed by atoms with Crippen molar-refractivity contribution in [3.63, 3.8) is 0 Å². The van der Waals surface area contributed by atoms with E-state index in [9.17, 15) is 27.2 Å². The number of pyridine rings is 1. The maximum absolute atomic E-state index is 14.2. The van der Waals surface area contributed by atoms with Crippen LogP contribution in [0, 0.1) is 5.82 Å². The minimum absolute atomic E-state index is 0.0967. The number of nitrogens with two attached hydrogens (primary N) is 1. The number of halogens is 4. The zero-order valence-electron chi connectivity index (χ0n) is 21.0. The molecule has 1 aliphatic heterocycles. The van der Waals surface area contributed by atoms with E-state index in [1.54, 1.807) is 6.07 Å². The molecule has 3 aromatic rings. The van der Waals surface area contributed by atoms with Gasteiger partial charge in [0, 0.05) is 60.7 Å². The molecule has 1 saturated heterocycles. The summed E-state index contributed by atoms with van der Waals surface area (Å²) in [5, 5.41) is 2.42. The lowest BCUT2D eigenvalue weighted by Crippen LogP contribution is -2.49. The zero-order valence-corrected chi connectivity index (χ0v) is 21.0. The maximum atomic E-state index is 14.2. The Labute approximate surface area is 222 Å². The molecule has 0 bridgehead atoms. The number of anilines is 1. The van der Waals surface area contributed by atoms with Crippen molar-refractivity contribution >= 4 is 17.5 Å². The summed E-state index contributed by atoms with van der Waals surface area (Å²) in [5.74, 6) is -2.12. The largest absolute Gasteiger partial charge is 0.418 e.